The van der Waals surface area contributed by atoms with Crippen molar-refractivity contribution >= 4 is 52.4 Å². The Morgan fingerprint density at radius 1 is 1.11 bits per heavy atom. The third-order valence-electron chi connectivity index (χ3n) is 5.43. The van der Waals surface area contributed by atoms with Gasteiger partial charge in [-0.25, -0.2) is 9.42 Å². The van der Waals surface area contributed by atoms with Crippen LogP contribution in [-0.2, 0) is 11.3 Å². The van der Waals surface area contributed by atoms with Crippen LogP contribution in [-0.4, -0.2) is 46.2 Å². The van der Waals surface area contributed by atoms with Crippen molar-refractivity contribution in [3.8, 4) is 0 Å². The number of amides is 1. The van der Waals surface area contributed by atoms with Crippen molar-refractivity contribution in [3.63, 3.8) is 0 Å². The van der Waals surface area contributed by atoms with Gasteiger partial charge in [-0.05, 0) is 45.6 Å². The Morgan fingerprint density at radius 3 is 2.58 bits per heavy atom. The molecule has 0 saturated carbocycles. The number of aromatic nitrogens is 2. The molecule has 13 heteroatoms. The number of nitrogens with one attached hydrogen (secondary N) is 2. The number of carbonyl (C=O) groups is 2. The molecule has 36 heavy (non-hydrogen) atoms. The molecule has 3 aromatic carbocycles. The van der Waals surface area contributed by atoms with Crippen LogP contribution in [0.5, 0.6) is 0 Å². The number of fused-ring (bicyclic) bond motifs is 1. The second-order valence-electron chi connectivity index (χ2n) is 7.83. The topological polar surface area (TPSA) is 170 Å². The summed E-state index contributed by atoms with van der Waals surface area (Å²) in [5.41, 5.74) is 2.12. The smallest absolute Gasteiger partial charge is 0.337 e. The highest BCUT2D eigenvalue weighted by molar-refractivity contribution is 6.64. The molecule has 3 N–H and O–H groups in total. The monoisotopic (exact) mass is 489 g/mol. The lowest BCUT2D eigenvalue weighted by atomic mass is 9.64. The number of non-ortho nitro benzene ring substituents is 1. The highest BCUT2D eigenvalue weighted by Crippen LogP contribution is 2.32. The minimum Gasteiger partial charge on any atom is -0.465 e. The van der Waals surface area contributed by atoms with Crippen LogP contribution in [0.2, 0.25) is 6.82 Å². The zero-order valence-corrected chi connectivity index (χ0v) is 19.2. The Kier molecular flexibility index (Phi) is 6.92. The van der Waals surface area contributed by atoms with Crippen LogP contribution in [0.3, 0.4) is 0 Å². The summed E-state index contributed by atoms with van der Waals surface area (Å²) in [6.45, 7) is 1.15. The maximum Gasteiger partial charge on any atom is 0.337 e. The first-order valence-corrected chi connectivity index (χ1v) is 10.7. The van der Waals surface area contributed by atoms with Gasteiger partial charge in [-0.15, -0.1) is 0 Å². The first kappa shape index (κ1) is 24.4. The van der Waals surface area contributed by atoms with Crippen molar-refractivity contribution in [2.75, 3.05) is 12.4 Å². The number of methoxy groups -OCH3 is 1. The summed E-state index contributed by atoms with van der Waals surface area (Å²) in [4.78, 5) is 35.9. The molecule has 0 fully saturated rings. The molecule has 0 unspecified atom stereocenters. The van der Waals surface area contributed by atoms with Crippen LogP contribution in [0.15, 0.2) is 59.2 Å². The highest BCUT2D eigenvalue weighted by atomic mass is 16.6. The number of anilines is 2. The van der Waals surface area contributed by atoms with E-state index in [1.54, 1.807) is 31.1 Å². The second kappa shape index (κ2) is 10.2. The zero-order chi connectivity index (χ0) is 25.8. The van der Waals surface area contributed by atoms with Crippen molar-refractivity contribution in [2.24, 2.45) is 0 Å². The minimum absolute atomic E-state index is 0.0554. The number of hydrogen-bond donors (Lipinski definition) is 3. The van der Waals surface area contributed by atoms with E-state index in [0.717, 1.165) is 5.56 Å². The maximum absolute atomic E-state index is 13.2. The van der Waals surface area contributed by atoms with Gasteiger partial charge in [0.05, 0.1) is 34.5 Å². The van der Waals surface area contributed by atoms with Gasteiger partial charge in [0.2, 0.25) is 5.52 Å². The SMILES string of the molecule is COC(=O)c1ccc(Nc2ccc([N+](=O)[O-])c3nonc23)c(C(=O)NCc2cccc(B(C)O)c2)c1. The second-order valence-corrected chi connectivity index (χ2v) is 7.83. The fraction of sp³-hybridized carbons (Fsp3) is 0.130. The Morgan fingerprint density at radius 2 is 1.86 bits per heavy atom. The number of nitrogens with zero attached hydrogens (tertiary/aromatic N) is 3. The van der Waals surface area contributed by atoms with Crippen LogP contribution in [0, 0.1) is 10.1 Å². The van der Waals surface area contributed by atoms with E-state index < -0.39 is 23.7 Å². The molecular formula is C23H20BN5O7. The van der Waals surface area contributed by atoms with Gasteiger partial charge in [0.25, 0.3) is 5.91 Å². The lowest BCUT2D eigenvalue weighted by molar-refractivity contribution is -0.383. The molecule has 1 aromatic heterocycles. The predicted molar refractivity (Wildman–Crippen MR) is 131 cm³/mol. The van der Waals surface area contributed by atoms with Crippen LogP contribution < -0.4 is 16.1 Å². The van der Waals surface area contributed by atoms with Gasteiger partial charge in [0.1, 0.15) is 0 Å². The van der Waals surface area contributed by atoms with Gasteiger partial charge in [-0.1, -0.05) is 31.1 Å². The summed E-state index contributed by atoms with van der Waals surface area (Å²) in [7, 11) is 1.23. The fourth-order valence-electron chi connectivity index (χ4n) is 3.57. The Balaban J connectivity index is 1.66. The van der Waals surface area contributed by atoms with Gasteiger partial charge in [0, 0.05) is 12.6 Å². The first-order chi connectivity index (χ1) is 17.3. The lowest BCUT2D eigenvalue weighted by Crippen LogP contribution is -2.28. The molecular weight excluding hydrogens is 469 g/mol. The number of nitro groups is 1. The summed E-state index contributed by atoms with van der Waals surface area (Å²) in [6.07, 6.45) is 0. The third kappa shape index (κ3) is 5.00. The summed E-state index contributed by atoms with van der Waals surface area (Å²) in [5, 5.41) is 34.2. The highest BCUT2D eigenvalue weighted by Gasteiger charge is 2.22. The molecule has 0 atom stereocenters. The zero-order valence-electron chi connectivity index (χ0n) is 19.2. The molecule has 0 bridgehead atoms. The van der Waals surface area contributed by atoms with Crippen molar-refractivity contribution in [2.45, 2.75) is 13.4 Å². The molecule has 0 aliphatic heterocycles. The molecule has 0 saturated heterocycles. The van der Waals surface area contributed by atoms with E-state index in [1.165, 1.54) is 37.4 Å². The van der Waals surface area contributed by atoms with E-state index >= 15 is 0 Å². The number of nitro benzene ring substituents is 1. The normalized spacial score (nSPS) is 10.6. The van der Waals surface area contributed by atoms with E-state index in [2.05, 4.69) is 25.6 Å². The third-order valence-corrected chi connectivity index (χ3v) is 5.43. The number of carbonyl (C=O) groups excluding carboxylic acids is 2. The molecule has 0 aliphatic rings. The van der Waals surface area contributed by atoms with Crippen molar-refractivity contribution in [3.05, 3.63) is 81.4 Å². The summed E-state index contributed by atoms with van der Waals surface area (Å²) in [5.74, 6) is -1.12. The quantitative estimate of drug-likeness (QED) is 0.145. The van der Waals surface area contributed by atoms with E-state index in [0.29, 0.717) is 16.8 Å². The van der Waals surface area contributed by atoms with E-state index in [1.807, 2.05) is 0 Å². The molecule has 4 rings (SSSR count). The molecule has 0 aliphatic carbocycles. The number of esters is 1. The number of rotatable bonds is 8. The minimum atomic E-state index is -0.655. The van der Waals surface area contributed by atoms with Gasteiger partial charge < -0.3 is 20.4 Å². The van der Waals surface area contributed by atoms with Crippen molar-refractivity contribution in [1.82, 2.24) is 15.6 Å². The van der Waals surface area contributed by atoms with E-state index in [-0.39, 0.29) is 34.4 Å². The average Bonchev–Trinajstić information content (AvgIpc) is 3.37. The molecule has 4 aromatic rings. The van der Waals surface area contributed by atoms with E-state index in [9.17, 15) is 24.7 Å². The Hall–Kier alpha value is -4.78. The predicted octanol–water partition coefficient (Wildman–Crippen LogP) is 2.41. The van der Waals surface area contributed by atoms with Crippen molar-refractivity contribution < 1.29 is 28.9 Å². The van der Waals surface area contributed by atoms with Crippen LogP contribution in [0.4, 0.5) is 17.1 Å². The van der Waals surface area contributed by atoms with E-state index in [4.69, 9.17) is 4.74 Å². The lowest BCUT2D eigenvalue weighted by Gasteiger charge is -2.14. The van der Waals surface area contributed by atoms with Gasteiger partial charge in [-0.2, -0.15) is 0 Å². The van der Waals surface area contributed by atoms with Crippen LogP contribution >= 0.6 is 0 Å². The van der Waals surface area contributed by atoms with Crippen molar-refractivity contribution in [1.29, 1.82) is 0 Å². The fourth-order valence-corrected chi connectivity index (χ4v) is 3.57. The molecule has 12 nitrogen and oxygen atoms in total. The average molecular weight is 489 g/mol. The molecule has 1 amide bonds. The summed E-state index contributed by atoms with van der Waals surface area (Å²) < 4.78 is 9.46. The van der Waals surface area contributed by atoms with Crippen LogP contribution in [0.1, 0.15) is 26.3 Å². The van der Waals surface area contributed by atoms with Gasteiger partial charge in [-0.3, -0.25) is 14.9 Å². The standard InChI is InChI=1S/C23H20BN5O7/c1-24(32)15-5-3-4-13(10-15)12-25-22(30)16-11-14(23(31)35-2)6-7-17(16)26-18-8-9-19(29(33)34)21-20(18)27-36-28-21/h3-11,26,32H,12H2,1-2H3,(H,25,30). The maximum atomic E-state index is 13.2. The number of ether oxygens (including phenoxy) is 1. The largest absolute Gasteiger partial charge is 0.465 e. The number of benzene rings is 3. The molecule has 182 valence electrons. The molecule has 0 spiro atoms. The summed E-state index contributed by atoms with van der Waals surface area (Å²) >= 11 is 0. The molecule has 0 radical (unpaired) electrons. The first-order valence-electron chi connectivity index (χ1n) is 10.7. The van der Waals surface area contributed by atoms with Gasteiger partial charge >= 0.3 is 18.6 Å². The van der Waals surface area contributed by atoms with Crippen LogP contribution in [0.25, 0.3) is 11.0 Å². The van der Waals surface area contributed by atoms with Gasteiger partial charge in [0.15, 0.2) is 5.52 Å². The Labute approximate surface area is 204 Å². The molecule has 1 heterocycles. The summed E-state index contributed by atoms with van der Waals surface area (Å²) in [6, 6.07) is 14.2. The Bertz CT molecular complexity index is 1470. The number of hydrogen-bond acceptors (Lipinski definition) is 10.